The fraction of sp³-hybridized carbons (Fsp3) is 0.571. The fourth-order valence-electron chi connectivity index (χ4n) is 3.97. The third kappa shape index (κ3) is 5.25. The van der Waals surface area contributed by atoms with E-state index in [1.807, 2.05) is 13.8 Å². The summed E-state index contributed by atoms with van der Waals surface area (Å²) in [6.45, 7) is 4.61. The molecular formula is C21H28FN3O4. The zero-order valence-electron chi connectivity index (χ0n) is 16.9. The first-order chi connectivity index (χ1) is 13.8. The number of ether oxygens (including phenoxy) is 1. The number of amides is 3. The van der Waals surface area contributed by atoms with Gasteiger partial charge in [0, 0.05) is 31.5 Å². The Morgan fingerprint density at radius 2 is 2.00 bits per heavy atom. The number of carbonyl (C=O) groups is 3. The zero-order chi connectivity index (χ0) is 21.0. The molecule has 2 atom stereocenters. The summed E-state index contributed by atoms with van der Waals surface area (Å²) < 4.78 is 19.3. The lowest BCUT2D eigenvalue weighted by atomic mass is 10.1. The van der Waals surface area contributed by atoms with Crippen LogP contribution in [0.2, 0.25) is 0 Å². The molecule has 3 amide bonds. The second-order valence-electron chi connectivity index (χ2n) is 8.04. The Bertz CT molecular complexity index is 783. The predicted octanol–water partition coefficient (Wildman–Crippen LogP) is 1.86. The first kappa shape index (κ1) is 21.1. The van der Waals surface area contributed by atoms with Gasteiger partial charge in [-0.2, -0.15) is 0 Å². The molecule has 8 heteroatoms. The zero-order valence-corrected chi connectivity index (χ0v) is 16.9. The molecule has 29 heavy (non-hydrogen) atoms. The third-order valence-electron chi connectivity index (χ3n) is 5.28. The van der Waals surface area contributed by atoms with Gasteiger partial charge in [0.05, 0.1) is 12.1 Å². The van der Waals surface area contributed by atoms with Crippen LogP contribution in [0.25, 0.3) is 0 Å². The molecule has 2 aliphatic heterocycles. The van der Waals surface area contributed by atoms with E-state index in [0.717, 1.165) is 6.07 Å². The van der Waals surface area contributed by atoms with Crippen molar-refractivity contribution in [2.75, 3.05) is 19.7 Å². The Hall–Kier alpha value is -2.64. The molecule has 1 saturated heterocycles. The van der Waals surface area contributed by atoms with Gasteiger partial charge in [0.15, 0.2) is 0 Å². The fourth-order valence-corrected chi connectivity index (χ4v) is 3.97. The molecule has 2 N–H and O–H groups in total. The summed E-state index contributed by atoms with van der Waals surface area (Å²) in [6.07, 6.45) is 2.04. The minimum Gasteiger partial charge on any atom is -0.491 e. The normalized spacial score (nSPS) is 23.0. The number of nitrogens with zero attached hydrogens (tertiary/aromatic N) is 1. The van der Waals surface area contributed by atoms with E-state index in [0.29, 0.717) is 19.3 Å². The van der Waals surface area contributed by atoms with Gasteiger partial charge in [-0.3, -0.25) is 14.4 Å². The van der Waals surface area contributed by atoms with Gasteiger partial charge in [-0.15, -0.1) is 0 Å². The van der Waals surface area contributed by atoms with Crippen molar-refractivity contribution in [3.05, 3.63) is 29.6 Å². The lowest BCUT2D eigenvalue weighted by Crippen LogP contribution is -2.48. The molecule has 0 aliphatic carbocycles. The van der Waals surface area contributed by atoms with Crippen molar-refractivity contribution in [2.24, 2.45) is 5.92 Å². The lowest BCUT2D eigenvalue weighted by molar-refractivity contribution is -0.135. The van der Waals surface area contributed by atoms with Gasteiger partial charge < -0.3 is 20.3 Å². The minimum atomic E-state index is -0.536. The standard InChI is InChI=1S/C21H28FN3O4/c1-13(2)9-20(27)25-15-4-5-16(25)12-24-21(28)17-10-14(22)3-6-18(17)29-8-7-23-19(26)11-15/h3,6,10,13,15-16H,4-5,7-9,11-12H2,1-2H3,(H,23,26)(H,24,28)/t15-,16+/m0/s1. The molecular weight excluding hydrogens is 377 g/mol. The second-order valence-corrected chi connectivity index (χ2v) is 8.04. The molecule has 0 spiro atoms. The lowest BCUT2D eigenvalue weighted by Gasteiger charge is -2.31. The van der Waals surface area contributed by atoms with Crippen LogP contribution in [0.5, 0.6) is 5.75 Å². The van der Waals surface area contributed by atoms with Crippen LogP contribution in [0.3, 0.4) is 0 Å². The summed E-state index contributed by atoms with van der Waals surface area (Å²) in [4.78, 5) is 39.7. The summed E-state index contributed by atoms with van der Waals surface area (Å²) in [5.74, 6) is -0.664. The predicted molar refractivity (Wildman–Crippen MR) is 105 cm³/mol. The van der Waals surface area contributed by atoms with Crippen LogP contribution < -0.4 is 15.4 Å². The van der Waals surface area contributed by atoms with E-state index in [2.05, 4.69) is 10.6 Å². The van der Waals surface area contributed by atoms with Crippen molar-refractivity contribution in [3.8, 4) is 5.75 Å². The van der Waals surface area contributed by atoms with E-state index in [1.54, 1.807) is 4.90 Å². The molecule has 0 saturated carbocycles. The van der Waals surface area contributed by atoms with E-state index >= 15 is 0 Å². The maximum atomic E-state index is 13.7. The van der Waals surface area contributed by atoms with Crippen LogP contribution in [0, 0.1) is 11.7 Å². The number of hydrogen-bond donors (Lipinski definition) is 2. The van der Waals surface area contributed by atoms with Gasteiger partial charge in [-0.25, -0.2) is 4.39 Å². The highest BCUT2D eigenvalue weighted by Crippen LogP contribution is 2.28. The number of benzene rings is 1. The van der Waals surface area contributed by atoms with Gasteiger partial charge >= 0.3 is 0 Å². The number of carbonyl (C=O) groups excluding carboxylic acids is 3. The van der Waals surface area contributed by atoms with Crippen LogP contribution in [-0.2, 0) is 9.59 Å². The highest BCUT2D eigenvalue weighted by atomic mass is 19.1. The monoisotopic (exact) mass is 405 g/mol. The van der Waals surface area contributed by atoms with Crippen LogP contribution in [-0.4, -0.2) is 54.4 Å². The van der Waals surface area contributed by atoms with Crippen LogP contribution in [0.4, 0.5) is 4.39 Å². The number of halogens is 1. The molecule has 1 fully saturated rings. The average molecular weight is 405 g/mol. The Morgan fingerprint density at radius 1 is 1.24 bits per heavy atom. The van der Waals surface area contributed by atoms with E-state index in [9.17, 15) is 18.8 Å². The van der Waals surface area contributed by atoms with Crippen molar-refractivity contribution in [1.29, 1.82) is 0 Å². The number of fused-ring (bicyclic) bond motifs is 3. The highest BCUT2D eigenvalue weighted by Gasteiger charge is 2.38. The smallest absolute Gasteiger partial charge is 0.255 e. The largest absolute Gasteiger partial charge is 0.491 e. The molecule has 0 aromatic heterocycles. The van der Waals surface area contributed by atoms with Crippen molar-refractivity contribution in [3.63, 3.8) is 0 Å². The molecule has 7 nitrogen and oxygen atoms in total. The topological polar surface area (TPSA) is 87.7 Å². The Morgan fingerprint density at radius 3 is 2.76 bits per heavy atom. The van der Waals surface area contributed by atoms with E-state index in [1.165, 1.54) is 12.1 Å². The summed E-state index contributed by atoms with van der Waals surface area (Å²) in [6, 6.07) is 3.39. The molecule has 158 valence electrons. The van der Waals surface area contributed by atoms with Crippen molar-refractivity contribution < 1.29 is 23.5 Å². The SMILES string of the molecule is CC(C)CC(=O)N1[C@@H]2CC[C@H]1CC(=O)NCCOc1ccc(F)cc1C(=O)NC2. The number of rotatable bonds is 2. The molecule has 0 radical (unpaired) electrons. The van der Waals surface area contributed by atoms with Crippen LogP contribution in [0.1, 0.15) is 49.9 Å². The van der Waals surface area contributed by atoms with Crippen molar-refractivity contribution in [1.82, 2.24) is 15.5 Å². The second kappa shape index (κ2) is 9.24. The minimum absolute atomic E-state index is 0.00331. The molecule has 3 rings (SSSR count). The maximum absolute atomic E-state index is 13.7. The first-order valence-corrected chi connectivity index (χ1v) is 10.1. The van der Waals surface area contributed by atoms with Crippen molar-refractivity contribution in [2.45, 2.75) is 51.6 Å². The van der Waals surface area contributed by atoms with Crippen molar-refractivity contribution >= 4 is 17.7 Å². The summed E-state index contributed by atoms with van der Waals surface area (Å²) >= 11 is 0. The summed E-state index contributed by atoms with van der Waals surface area (Å²) in [5, 5.41) is 5.61. The Kier molecular flexibility index (Phi) is 6.71. The molecule has 1 aromatic rings. The quantitative estimate of drug-likeness (QED) is 0.786. The third-order valence-corrected chi connectivity index (χ3v) is 5.28. The van der Waals surface area contributed by atoms with Gasteiger partial charge in [0.1, 0.15) is 18.2 Å². The molecule has 1 aromatic carbocycles. The van der Waals surface area contributed by atoms with Gasteiger partial charge in [-0.1, -0.05) is 13.8 Å². The van der Waals surface area contributed by atoms with Crippen LogP contribution >= 0.6 is 0 Å². The van der Waals surface area contributed by atoms with Gasteiger partial charge in [0.25, 0.3) is 5.91 Å². The average Bonchev–Trinajstić information content (AvgIpc) is 3.05. The van der Waals surface area contributed by atoms with E-state index < -0.39 is 11.7 Å². The molecule has 2 aliphatic rings. The highest BCUT2D eigenvalue weighted by molar-refractivity contribution is 5.97. The Balaban J connectivity index is 1.84. The van der Waals surface area contributed by atoms with Gasteiger partial charge in [-0.05, 0) is 37.0 Å². The summed E-state index contributed by atoms with van der Waals surface area (Å²) in [7, 11) is 0. The van der Waals surface area contributed by atoms with E-state index in [4.69, 9.17) is 4.74 Å². The molecule has 2 heterocycles. The molecule has 2 bridgehead atoms. The first-order valence-electron chi connectivity index (χ1n) is 10.1. The van der Waals surface area contributed by atoms with Crippen LogP contribution in [0.15, 0.2) is 18.2 Å². The molecule has 0 unspecified atom stereocenters. The van der Waals surface area contributed by atoms with E-state index in [-0.39, 0.29) is 67.2 Å². The number of nitrogens with one attached hydrogen (secondary N) is 2. The summed E-state index contributed by atoms with van der Waals surface area (Å²) in [5.41, 5.74) is 0.1000. The Labute approximate surface area is 170 Å². The number of hydrogen-bond acceptors (Lipinski definition) is 4. The van der Waals surface area contributed by atoms with Gasteiger partial charge in [0.2, 0.25) is 11.8 Å². The maximum Gasteiger partial charge on any atom is 0.255 e.